The Morgan fingerprint density at radius 1 is 1.46 bits per heavy atom. The highest BCUT2D eigenvalue weighted by Gasteiger charge is 2.10. The minimum Gasteiger partial charge on any atom is -0.379 e. The van der Waals surface area contributed by atoms with Crippen LogP contribution in [-0.2, 0) is 4.74 Å². The van der Waals surface area contributed by atoms with Gasteiger partial charge in [-0.05, 0) is 19.1 Å². The van der Waals surface area contributed by atoms with Gasteiger partial charge in [-0.2, -0.15) is 5.10 Å². The maximum atomic E-state index is 10.8. The molecule has 0 unspecified atom stereocenters. The fourth-order valence-electron chi connectivity index (χ4n) is 2.24. The number of ether oxygens (including phenoxy) is 1. The van der Waals surface area contributed by atoms with Gasteiger partial charge >= 0.3 is 0 Å². The van der Waals surface area contributed by atoms with Gasteiger partial charge in [-0.15, -0.1) is 0 Å². The number of nitrogens with one attached hydrogen (secondary N) is 2. The topological polar surface area (TPSA) is 92.0 Å². The second-order valence-electron chi connectivity index (χ2n) is 5.33. The molecule has 1 saturated heterocycles. The van der Waals surface area contributed by atoms with Crippen molar-refractivity contribution in [2.75, 3.05) is 39.4 Å². The van der Waals surface area contributed by atoms with Gasteiger partial charge in [0.1, 0.15) is 0 Å². The van der Waals surface area contributed by atoms with E-state index in [0.29, 0.717) is 16.4 Å². The zero-order chi connectivity index (χ0) is 17.4. The Kier molecular flexibility index (Phi) is 7.04. The molecule has 0 bridgehead atoms. The Labute approximate surface area is 146 Å². The molecular formula is C15H21N5O3S. The predicted octanol–water partition coefficient (Wildman–Crippen LogP) is 1.12. The van der Waals surface area contributed by atoms with E-state index in [1.807, 2.05) is 0 Å². The molecule has 0 aliphatic carbocycles. The third kappa shape index (κ3) is 5.84. The number of hydrogen-bond acceptors (Lipinski definition) is 6. The lowest BCUT2D eigenvalue weighted by Gasteiger charge is -2.26. The van der Waals surface area contributed by atoms with Crippen LogP contribution >= 0.6 is 12.2 Å². The van der Waals surface area contributed by atoms with Gasteiger partial charge in [0.05, 0.1) is 23.8 Å². The number of hydrogen-bond donors (Lipinski definition) is 2. The molecule has 1 heterocycles. The zero-order valence-corrected chi connectivity index (χ0v) is 14.3. The van der Waals surface area contributed by atoms with E-state index < -0.39 is 4.92 Å². The second kappa shape index (κ2) is 9.26. The van der Waals surface area contributed by atoms with Gasteiger partial charge in [0.2, 0.25) is 0 Å². The molecule has 0 aromatic heterocycles. The maximum absolute atomic E-state index is 10.8. The van der Waals surface area contributed by atoms with Crippen LogP contribution in [-0.4, -0.2) is 60.0 Å². The lowest BCUT2D eigenvalue weighted by atomic mass is 10.1. The molecule has 1 aliphatic rings. The number of nitro groups is 1. The lowest BCUT2D eigenvalue weighted by Crippen LogP contribution is -2.42. The Bertz CT molecular complexity index is 617. The first-order valence-electron chi connectivity index (χ1n) is 7.69. The molecule has 0 saturated carbocycles. The van der Waals surface area contributed by atoms with Crippen molar-refractivity contribution >= 4 is 28.7 Å². The van der Waals surface area contributed by atoms with Crippen molar-refractivity contribution in [3.05, 3.63) is 39.9 Å². The van der Waals surface area contributed by atoms with E-state index in [0.717, 1.165) is 39.4 Å². The van der Waals surface area contributed by atoms with Crippen LogP contribution in [0.2, 0.25) is 0 Å². The lowest BCUT2D eigenvalue weighted by molar-refractivity contribution is -0.384. The minimum absolute atomic E-state index is 0.0354. The number of nitrogens with zero attached hydrogens (tertiary/aromatic N) is 3. The number of non-ortho nitro benzene ring substituents is 1. The summed E-state index contributed by atoms with van der Waals surface area (Å²) < 4.78 is 5.30. The van der Waals surface area contributed by atoms with Gasteiger partial charge in [0.15, 0.2) is 5.11 Å². The van der Waals surface area contributed by atoms with Crippen molar-refractivity contribution in [2.45, 2.75) is 6.92 Å². The summed E-state index contributed by atoms with van der Waals surface area (Å²) in [7, 11) is 0. The average molecular weight is 351 g/mol. The monoisotopic (exact) mass is 351 g/mol. The van der Waals surface area contributed by atoms with Gasteiger partial charge in [0, 0.05) is 43.9 Å². The molecule has 1 aromatic carbocycles. The quantitative estimate of drug-likeness (QED) is 0.343. The van der Waals surface area contributed by atoms with Crippen molar-refractivity contribution < 1.29 is 9.66 Å². The van der Waals surface area contributed by atoms with Crippen LogP contribution in [0.1, 0.15) is 12.5 Å². The van der Waals surface area contributed by atoms with Gasteiger partial charge in [-0.25, -0.2) is 0 Å². The molecule has 9 heteroatoms. The highest BCUT2D eigenvalue weighted by Crippen LogP contribution is 2.13. The van der Waals surface area contributed by atoms with Crippen LogP contribution in [0.5, 0.6) is 0 Å². The van der Waals surface area contributed by atoms with E-state index in [1.54, 1.807) is 19.1 Å². The molecule has 130 valence electrons. The zero-order valence-electron chi connectivity index (χ0n) is 13.5. The molecular weight excluding hydrogens is 330 g/mol. The van der Waals surface area contributed by atoms with Crippen LogP contribution in [0, 0.1) is 10.1 Å². The summed E-state index contributed by atoms with van der Waals surface area (Å²) >= 11 is 5.18. The molecule has 24 heavy (non-hydrogen) atoms. The van der Waals surface area contributed by atoms with E-state index in [1.165, 1.54) is 12.1 Å². The molecule has 2 rings (SSSR count). The first-order chi connectivity index (χ1) is 11.6. The third-order valence-electron chi connectivity index (χ3n) is 3.62. The van der Waals surface area contributed by atoms with Crippen LogP contribution in [0.4, 0.5) is 5.69 Å². The van der Waals surface area contributed by atoms with E-state index in [-0.39, 0.29) is 5.69 Å². The van der Waals surface area contributed by atoms with Crippen molar-refractivity contribution in [3.63, 3.8) is 0 Å². The van der Waals surface area contributed by atoms with Crippen LogP contribution in [0.3, 0.4) is 0 Å². The summed E-state index contributed by atoms with van der Waals surface area (Å²) in [6, 6.07) is 6.32. The molecule has 1 fully saturated rings. The Morgan fingerprint density at radius 3 is 2.92 bits per heavy atom. The molecule has 2 N–H and O–H groups in total. The number of thiocarbonyl (C=S) groups is 1. The summed E-state index contributed by atoms with van der Waals surface area (Å²) in [6.45, 7) is 6.79. The smallest absolute Gasteiger partial charge is 0.270 e. The minimum atomic E-state index is -0.429. The molecule has 8 nitrogen and oxygen atoms in total. The fraction of sp³-hybridized carbons (Fsp3) is 0.467. The summed E-state index contributed by atoms with van der Waals surface area (Å²) in [4.78, 5) is 12.7. The van der Waals surface area contributed by atoms with Gasteiger partial charge in [0.25, 0.3) is 5.69 Å². The normalized spacial score (nSPS) is 15.8. The fourth-order valence-corrected chi connectivity index (χ4v) is 2.38. The number of rotatable bonds is 6. The predicted molar refractivity (Wildman–Crippen MR) is 96.3 cm³/mol. The highest BCUT2D eigenvalue weighted by atomic mass is 32.1. The molecule has 0 amide bonds. The van der Waals surface area contributed by atoms with E-state index in [9.17, 15) is 10.1 Å². The maximum Gasteiger partial charge on any atom is 0.270 e. The summed E-state index contributed by atoms with van der Waals surface area (Å²) in [6.07, 6.45) is 0. The Hall–Kier alpha value is -2.10. The SMILES string of the molecule is C/C(=N\NC(=S)NCCN1CCOCC1)c1cccc([N+](=O)[O-])c1. The van der Waals surface area contributed by atoms with Crippen molar-refractivity contribution in [2.24, 2.45) is 5.10 Å². The van der Waals surface area contributed by atoms with E-state index in [2.05, 4.69) is 20.7 Å². The Morgan fingerprint density at radius 2 is 2.21 bits per heavy atom. The molecule has 0 spiro atoms. The summed E-state index contributed by atoms with van der Waals surface area (Å²) in [5.74, 6) is 0. The van der Waals surface area contributed by atoms with Crippen LogP contribution < -0.4 is 10.7 Å². The number of benzene rings is 1. The average Bonchev–Trinajstić information content (AvgIpc) is 2.60. The molecule has 1 aromatic rings. The van der Waals surface area contributed by atoms with Gasteiger partial charge in [-0.3, -0.25) is 20.4 Å². The van der Waals surface area contributed by atoms with E-state index >= 15 is 0 Å². The third-order valence-corrected chi connectivity index (χ3v) is 3.85. The van der Waals surface area contributed by atoms with Gasteiger partial charge in [-0.1, -0.05) is 12.1 Å². The first-order valence-corrected chi connectivity index (χ1v) is 8.10. The van der Waals surface area contributed by atoms with E-state index in [4.69, 9.17) is 17.0 Å². The summed E-state index contributed by atoms with van der Waals surface area (Å²) in [5, 5.41) is 18.5. The largest absolute Gasteiger partial charge is 0.379 e. The molecule has 0 radical (unpaired) electrons. The number of nitro benzene ring substituents is 1. The van der Waals surface area contributed by atoms with Crippen molar-refractivity contribution in [1.29, 1.82) is 0 Å². The van der Waals surface area contributed by atoms with Crippen LogP contribution in [0.15, 0.2) is 29.4 Å². The highest BCUT2D eigenvalue weighted by molar-refractivity contribution is 7.80. The first kappa shape index (κ1) is 18.2. The van der Waals surface area contributed by atoms with Crippen molar-refractivity contribution in [1.82, 2.24) is 15.6 Å². The number of hydrazone groups is 1. The standard InChI is InChI=1S/C15H21N5O3S/c1-12(13-3-2-4-14(11-13)20(21)22)17-18-15(24)16-5-6-19-7-9-23-10-8-19/h2-4,11H,5-10H2,1H3,(H2,16,18,24)/b17-12+. The summed E-state index contributed by atoms with van der Waals surface area (Å²) in [5.41, 5.74) is 4.09. The second-order valence-corrected chi connectivity index (χ2v) is 5.73. The molecule has 1 aliphatic heterocycles. The number of morpholine rings is 1. The van der Waals surface area contributed by atoms with Gasteiger partial charge < -0.3 is 10.1 Å². The Balaban J connectivity index is 1.77. The molecule has 0 atom stereocenters. The van der Waals surface area contributed by atoms with Crippen molar-refractivity contribution in [3.8, 4) is 0 Å². The van der Waals surface area contributed by atoms with Crippen LogP contribution in [0.25, 0.3) is 0 Å².